The van der Waals surface area contributed by atoms with Crippen molar-refractivity contribution in [3.63, 3.8) is 0 Å². The molecule has 3 aromatic carbocycles. The summed E-state index contributed by atoms with van der Waals surface area (Å²) in [6.45, 7) is 18.4. The van der Waals surface area contributed by atoms with Gasteiger partial charge in [0.2, 0.25) is 0 Å². The van der Waals surface area contributed by atoms with Crippen LogP contribution < -0.4 is 4.74 Å². The Labute approximate surface area is 298 Å². The van der Waals surface area contributed by atoms with Gasteiger partial charge < -0.3 is 4.74 Å². The van der Waals surface area contributed by atoms with E-state index >= 15 is 0 Å². The van der Waals surface area contributed by atoms with E-state index < -0.39 is 0 Å². The number of aromatic nitrogens is 4. The zero-order valence-electron chi connectivity index (χ0n) is 31.1. The van der Waals surface area contributed by atoms with Crippen molar-refractivity contribution < 1.29 is 4.74 Å². The van der Waals surface area contributed by atoms with Gasteiger partial charge in [-0.05, 0) is 111 Å². The Bertz CT molecular complexity index is 2200. The van der Waals surface area contributed by atoms with Gasteiger partial charge in [0.05, 0.1) is 28.1 Å². The average molecular weight is 665 g/mol. The summed E-state index contributed by atoms with van der Waals surface area (Å²) in [6, 6.07) is 26.0. The van der Waals surface area contributed by atoms with E-state index in [1.807, 2.05) is 12.3 Å². The number of rotatable bonds is 10. The molecule has 258 valence electrons. The monoisotopic (exact) mass is 664 g/mol. The summed E-state index contributed by atoms with van der Waals surface area (Å²) in [7, 11) is 0. The Morgan fingerprint density at radius 3 is 2.40 bits per heavy atom. The Kier molecular flexibility index (Phi) is 9.43. The maximum absolute atomic E-state index is 6.83. The first kappa shape index (κ1) is 33.8. The molecule has 0 saturated carbocycles. The molecule has 1 unspecified atom stereocenters. The van der Waals surface area contributed by atoms with Gasteiger partial charge in [0.15, 0.2) is 0 Å². The van der Waals surface area contributed by atoms with Crippen LogP contribution in [0.5, 0.6) is 11.5 Å². The Morgan fingerprint density at radius 2 is 1.66 bits per heavy atom. The molecule has 1 aliphatic carbocycles. The fourth-order valence-electron chi connectivity index (χ4n) is 8.18. The zero-order chi connectivity index (χ0) is 35.1. The number of allylic oxidation sites excluding steroid dienone is 2. The minimum absolute atomic E-state index is 0.315. The van der Waals surface area contributed by atoms with Gasteiger partial charge in [-0.3, -0.25) is 4.57 Å². The van der Waals surface area contributed by atoms with Crippen molar-refractivity contribution in [2.75, 3.05) is 0 Å². The lowest BCUT2D eigenvalue weighted by molar-refractivity contribution is 0.443. The number of nitrogens with zero attached hydrogens (tertiary/aromatic N) is 4. The number of unbranched alkanes of at least 4 members (excludes halogenated alkanes) is 1. The molecule has 5 nitrogen and oxygen atoms in total. The van der Waals surface area contributed by atoms with Gasteiger partial charge in [0.25, 0.3) is 0 Å². The first-order chi connectivity index (χ1) is 24.1. The highest BCUT2D eigenvalue weighted by Crippen LogP contribution is 2.45. The van der Waals surface area contributed by atoms with Crippen molar-refractivity contribution in [1.82, 2.24) is 19.3 Å². The summed E-state index contributed by atoms with van der Waals surface area (Å²) in [6.07, 6.45) is 9.99. The van der Waals surface area contributed by atoms with Crippen LogP contribution in [0.4, 0.5) is 0 Å². The number of hydrogen-bond donors (Lipinski definition) is 0. The van der Waals surface area contributed by atoms with Gasteiger partial charge in [-0.25, -0.2) is 9.67 Å². The summed E-state index contributed by atoms with van der Waals surface area (Å²) < 4.78 is 11.3. The fourth-order valence-corrected chi connectivity index (χ4v) is 8.18. The summed E-state index contributed by atoms with van der Waals surface area (Å²) in [5.41, 5.74) is 11.2. The molecule has 7 rings (SSSR count). The van der Waals surface area contributed by atoms with Crippen LogP contribution >= 0.6 is 0 Å². The number of hydrogen-bond acceptors (Lipinski definition) is 3. The molecule has 0 aliphatic heterocycles. The predicted molar refractivity (Wildman–Crippen MR) is 209 cm³/mol. The largest absolute Gasteiger partial charge is 0.457 e. The van der Waals surface area contributed by atoms with Crippen molar-refractivity contribution in [3.05, 3.63) is 119 Å². The van der Waals surface area contributed by atoms with Crippen LogP contribution in [-0.4, -0.2) is 19.3 Å². The molecule has 0 amide bonds. The van der Waals surface area contributed by atoms with E-state index in [2.05, 4.69) is 137 Å². The summed E-state index contributed by atoms with van der Waals surface area (Å²) in [4.78, 5) is 4.78. The first-order valence-corrected chi connectivity index (χ1v) is 18.7. The lowest BCUT2D eigenvalue weighted by Crippen LogP contribution is -2.18. The van der Waals surface area contributed by atoms with E-state index in [0.717, 1.165) is 53.3 Å². The normalized spacial score (nSPS) is 16.6. The number of fused-ring (bicyclic) bond motifs is 3. The van der Waals surface area contributed by atoms with Crippen LogP contribution in [0.1, 0.15) is 120 Å². The van der Waals surface area contributed by atoms with Crippen LogP contribution in [0.3, 0.4) is 0 Å². The van der Waals surface area contributed by atoms with Crippen LogP contribution in [0.2, 0.25) is 0 Å². The molecule has 3 aromatic heterocycles. The molecule has 3 heterocycles. The molecule has 1 aliphatic rings. The highest BCUT2D eigenvalue weighted by molar-refractivity contribution is 6.09. The van der Waals surface area contributed by atoms with Crippen molar-refractivity contribution in [2.24, 2.45) is 5.92 Å². The van der Waals surface area contributed by atoms with Gasteiger partial charge in [-0.2, -0.15) is 5.10 Å². The number of ether oxygens (including phenoxy) is 1. The smallest absolute Gasteiger partial charge is 0.137 e. The predicted octanol–water partition coefficient (Wildman–Crippen LogP) is 12.5. The maximum Gasteiger partial charge on any atom is 0.137 e. The standard InChI is InChI=1S/C45H52N4O/c1-9-10-16-33-24-34(49-45(29(4)5)43(44(47-49)28(2)3)42-31(7)14-13-15-32(42)8)26-36(25-33)50-35-19-20-38-37-17-11-12-18-39(37)48(40(38)27-35)41-23-30(6)21-22-46-41/h11-12,14,17-29,32,42H,9-10,13,15-16H2,1-8H3/t32-,42?/m0/s1. The van der Waals surface area contributed by atoms with Crippen molar-refractivity contribution >= 4 is 21.8 Å². The molecular weight excluding hydrogens is 613 g/mol. The molecule has 0 N–H and O–H groups in total. The van der Waals surface area contributed by atoms with Crippen LogP contribution in [-0.2, 0) is 6.42 Å². The van der Waals surface area contributed by atoms with E-state index in [0.29, 0.717) is 23.7 Å². The molecule has 2 atom stereocenters. The highest BCUT2D eigenvalue weighted by Gasteiger charge is 2.34. The molecule has 0 fully saturated rings. The van der Waals surface area contributed by atoms with E-state index in [9.17, 15) is 0 Å². The van der Waals surface area contributed by atoms with Crippen LogP contribution in [0, 0.1) is 12.8 Å². The van der Waals surface area contributed by atoms with E-state index in [1.165, 1.54) is 57.3 Å². The Hall–Kier alpha value is -4.64. The van der Waals surface area contributed by atoms with Crippen molar-refractivity contribution in [2.45, 2.75) is 105 Å². The van der Waals surface area contributed by atoms with E-state index in [-0.39, 0.29) is 0 Å². The van der Waals surface area contributed by atoms with Crippen molar-refractivity contribution in [1.29, 1.82) is 0 Å². The second-order valence-electron chi connectivity index (χ2n) is 15.1. The molecule has 0 bridgehead atoms. The highest BCUT2D eigenvalue weighted by atomic mass is 16.5. The fraction of sp³-hybridized carbons (Fsp3) is 0.378. The molecule has 5 heteroatoms. The Balaban J connectivity index is 1.37. The van der Waals surface area contributed by atoms with Crippen LogP contribution in [0.15, 0.2) is 90.6 Å². The quantitative estimate of drug-likeness (QED) is 0.137. The lowest BCUT2D eigenvalue weighted by atomic mass is 9.73. The van der Waals surface area contributed by atoms with Gasteiger partial charge >= 0.3 is 0 Å². The number of benzene rings is 3. The summed E-state index contributed by atoms with van der Waals surface area (Å²) >= 11 is 0. The van der Waals surface area contributed by atoms with Gasteiger partial charge in [0.1, 0.15) is 17.3 Å². The molecule has 0 radical (unpaired) electrons. The minimum Gasteiger partial charge on any atom is -0.457 e. The number of pyridine rings is 1. The maximum atomic E-state index is 6.83. The van der Waals surface area contributed by atoms with E-state index in [4.69, 9.17) is 14.8 Å². The third-order valence-corrected chi connectivity index (χ3v) is 10.6. The second-order valence-corrected chi connectivity index (χ2v) is 15.1. The zero-order valence-corrected chi connectivity index (χ0v) is 31.1. The second kappa shape index (κ2) is 13.9. The first-order valence-electron chi connectivity index (χ1n) is 18.7. The average Bonchev–Trinajstić information content (AvgIpc) is 3.64. The van der Waals surface area contributed by atoms with Gasteiger partial charge in [0, 0.05) is 40.6 Å². The van der Waals surface area contributed by atoms with Gasteiger partial charge in [-0.15, -0.1) is 0 Å². The van der Waals surface area contributed by atoms with Crippen molar-refractivity contribution in [3.8, 4) is 23.0 Å². The van der Waals surface area contributed by atoms with Gasteiger partial charge in [-0.1, -0.05) is 77.8 Å². The minimum atomic E-state index is 0.315. The summed E-state index contributed by atoms with van der Waals surface area (Å²) in [5, 5.41) is 7.84. The Morgan fingerprint density at radius 1 is 0.860 bits per heavy atom. The molecule has 0 spiro atoms. The number of aryl methyl sites for hydroxylation is 2. The summed E-state index contributed by atoms with van der Waals surface area (Å²) in [5.74, 6) is 4.17. The molecular formula is C45H52N4O. The SMILES string of the molecule is CCCCc1cc(Oc2ccc3c4ccccc4n(-c4cc(C)ccn4)c3c2)cc(-n2nc(C(C)C)c(C3C(C)=CCC[C@@H]3C)c2C(C)C)c1. The topological polar surface area (TPSA) is 44.9 Å². The third-order valence-electron chi connectivity index (χ3n) is 10.6. The molecule has 0 saturated heterocycles. The van der Waals surface area contributed by atoms with E-state index in [1.54, 1.807) is 0 Å². The number of para-hydroxylation sites is 1. The molecule has 50 heavy (non-hydrogen) atoms. The van der Waals surface area contributed by atoms with Crippen LogP contribution in [0.25, 0.3) is 33.3 Å². The molecule has 6 aromatic rings. The lowest BCUT2D eigenvalue weighted by Gasteiger charge is -2.31. The third kappa shape index (κ3) is 6.27.